The fourth-order valence-corrected chi connectivity index (χ4v) is 4.86. The SMILES string of the molecule is CCC(CC)(CO)NS(=O)(=O)CCSc1ccccc1N. The maximum Gasteiger partial charge on any atom is 0.213 e. The number of nitrogens with two attached hydrogens (primary N) is 1. The van der Waals surface area contributed by atoms with Crippen molar-refractivity contribution < 1.29 is 13.5 Å². The largest absolute Gasteiger partial charge is 0.398 e. The number of thioether (sulfide) groups is 1. The van der Waals surface area contributed by atoms with Crippen molar-refractivity contribution >= 4 is 27.5 Å². The lowest BCUT2D eigenvalue weighted by atomic mass is 9.96. The van der Waals surface area contributed by atoms with Crippen molar-refractivity contribution in [3.05, 3.63) is 24.3 Å². The predicted octanol–water partition coefficient (Wildman–Crippen LogP) is 1.83. The Morgan fingerprint density at radius 1 is 1.29 bits per heavy atom. The Bertz CT molecular complexity index is 535. The number of hydrogen-bond acceptors (Lipinski definition) is 5. The van der Waals surface area contributed by atoms with E-state index in [-0.39, 0.29) is 12.4 Å². The van der Waals surface area contributed by atoms with E-state index in [1.165, 1.54) is 11.8 Å². The molecule has 0 aliphatic rings. The number of aliphatic hydroxyl groups is 1. The lowest BCUT2D eigenvalue weighted by molar-refractivity contribution is 0.172. The molecule has 5 nitrogen and oxygen atoms in total. The molecule has 0 aliphatic heterocycles. The van der Waals surface area contributed by atoms with Crippen molar-refractivity contribution in [1.82, 2.24) is 4.72 Å². The highest BCUT2D eigenvalue weighted by molar-refractivity contribution is 8.00. The first kappa shape index (κ1) is 18.3. The molecule has 0 fully saturated rings. The van der Waals surface area contributed by atoms with Crippen LogP contribution in [0, 0.1) is 0 Å². The zero-order chi connectivity index (χ0) is 15.9. The molecule has 0 spiro atoms. The Morgan fingerprint density at radius 2 is 1.90 bits per heavy atom. The zero-order valence-electron chi connectivity index (χ0n) is 12.5. The normalized spacial score (nSPS) is 12.5. The highest BCUT2D eigenvalue weighted by Crippen LogP contribution is 2.24. The van der Waals surface area contributed by atoms with Gasteiger partial charge in [0.05, 0.1) is 17.9 Å². The number of anilines is 1. The van der Waals surface area contributed by atoms with Crippen molar-refractivity contribution in [3.63, 3.8) is 0 Å². The Balaban J connectivity index is 2.59. The van der Waals surface area contributed by atoms with Gasteiger partial charge in [-0.2, -0.15) is 0 Å². The van der Waals surface area contributed by atoms with E-state index in [4.69, 9.17) is 5.73 Å². The molecule has 1 aromatic rings. The van der Waals surface area contributed by atoms with Crippen LogP contribution >= 0.6 is 11.8 Å². The molecule has 21 heavy (non-hydrogen) atoms. The molecule has 0 amide bonds. The first-order valence-corrected chi connectivity index (χ1v) is 9.61. The number of aliphatic hydroxyl groups excluding tert-OH is 1. The van der Waals surface area contributed by atoms with E-state index in [0.29, 0.717) is 24.3 Å². The molecule has 0 radical (unpaired) electrons. The molecular weight excluding hydrogens is 308 g/mol. The minimum Gasteiger partial charge on any atom is -0.398 e. The standard InChI is InChI=1S/C14H24N2O3S2/c1-3-14(4-2,11-17)16-21(18,19)10-9-20-13-8-6-5-7-12(13)15/h5-8,16-17H,3-4,9-11,15H2,1-2H3. The summed E-state index contributed by atoms with van der Waals surface area (Å²) in [6, 6.07) is 7.38. The molecule has 1 rings (SSSR count). The number of rotatable bonds is 9. The van der Waals surface area contributed by atoms with Crippen LogP contribution in [0.4, 0.5) is 5.69 Å². The fourth-order valence-electron chi connectivity index (χ4n) is 1.90. The summed E-state index contributed by atoms with van der Waals surface area (Å²) in [5.41, 5.74) is 5.72. The predicted molar refractivity (Wildman–Crippen MR) is 88.9 cm³/mol. The van der Waals surface area contributed by atoms with E-state index in [9.17, 15) is 13.5 Å². The third-order valence-corrected chi connectivity index (χ3v) is 6.39. The van der Waals surface area contributed by atoms with Crippen LogP contribution in [0.2, 0.25) is 0 Å². The second-order valence-corrected chi connectivity index (χ2v) is 7.93. The minimum atomic E-state index is -3.43. The lowest BCUT2D eigenvalue weighted by Crippen LogP contribution is -2.51. The third-order valence-electron chi connectivity index (χ3n) is 3.56. The molecule has 0 aliphatic carbocycles. The molecule has 0 heterocycles. The van der Waals surface area contributed by atoms with Crippen LogP contribution in [0.1, 0.15) is 26.7 Å². The zero-order valence-corrected chi connectivity index (χ0v) is 14.1. The summed E-state index contributed by atoms with van der Waals surface area (Å²) in [5, 5.41) is 9.43. The third kappa shape index (κ3) is 5.50. The van der Waals surface area contributed by atoms with Gasteiger partial charge in [-0.1, -0.05) is 26.0 Å². The summed E-state index contributed by atoms with van der Waals surface area (Å²) in [6.07, 6.45) is 1.11. The van der Waals surface area contributed by atoms with Gasteiger partial charge in [0.2, 0.25) is 10.0 Å². The number of nitrogen functional groups attached to an aromatic ring is 1. The quantitative estimate of drug-likeness (QED) is 0.474. The van der Waals surface area contributed by atoms with Crippen LogP contribution < -0.4 is 10.5 Å². The Hall–Kier alpha value is -0.760. The lowest BCUT2D eigenvalue weighted by Gasteiger charge is -2.30. The first-order chi connectivity index (χ1) is 9.88. The minimum absolute atomic E-state index is 0.00620. The summed E-state index contributed by atoms with van der Waals surface area (Å²) >= 11 is 1.42. The van der Waals surface area contributed by atoms with Crippen molar-refractivity contribution in [2.75, 3.05) is 23.8 Å². The van der Waals surface area contributed by atoms with E-state index in [1.54, 1.807) is 6.07 Å². The van der Waals surface area contributed by atoms with E-state index >= 15 is 0 Å². The molecular formula is C14H24N2O3S2. The Labute approximate surface area is 131 Å². The van der Waals surface area contributed by atoms with Crippen LogP contribution in [-0.4, -0.2) is 37.2 Å². The second kappa shape index (κ2) is 8.03. The van der Waals surface area contributed by atoms with Gasteiger partial charge in [0.1, 0.15) is 0 Å². The summed E-state index contributed by atoms with van der Waals surface area (Å²) in [4.78, 5) is 0.882. The molecule has 120 valence electrons. The number of nitrogens with one attached hydrogen (secondary N) is 1. The van der Waals surface area contributed by atoms with E-state index in [2.05, 4.69) is 4.72 Å². The summed E-state index contributed by atoms with van der Waals surface area (Å²) in [7, 11) is -3.43. The van der Waals surface area contributed by atoms with E-state index < -0.39 is 15.6 Å². The number of hydrogen-bond donors (Lipinski definition) is 3. The fraction of sp³-hybridized carbons (Fsp3) is 0.571. The Kier molecular flexibility index (Phi) is 6.99. The van der Waals surface area contributed by atoms with Gasteiger partial charge in [-0.05, 0) is 25.0 Å². The number of benzene rings is 1. The second-order valence-electron chi connectivity index (χ2n) is 4.95. The maximum absolute atomic E-state index is 12.1. The van der Waals surface area contributed by atoms with Crippen molar-refractivity contribution in [1.29, 1.82) is 0 Å². The summed E-state index contributed by atoms with van der Waals surface area (Å²) in [6.45, 7) is 3.53. The summed E-state index contributed by atoms with van der Waals surface area (Å²) in [5.74, 6) is 0.409. The molecule has 0 unspecified atom stereocenters. The van der Waals surface area contributed by atoms with Gasteiger partial charge in [-0.15, -0.1) is 11.8 Å². The first-order valence-electron chi connectivity index (χ1n) is 6.98. The highest BCUT2D eigenvalue weighted by Gasteiger charge is 2.30. The van der Waals surface area contributed by atoms with Crippen LogP contribution in [0.15, 0.2) is 29.2 Å². The van der Waals surface area contributed by atoms with E-state index in [1.807, 2.05) is 32.0 Å². The molecule has 1 aromatic carbocycles. The van der Waals surface area contributed by atoms with Crippen molar-refractivity contribution in [2.45, 2.75) is 37.1 Å². The highest BCUT2D eigenvalue weighted by atomic mass is 32.2. The molecule has 0 saturated heterocycles. The van der Waals surface area contributed by atoms with Gasteiger partial charge in [0, 0.05) is 16.3 Å². The van der Waals surface area contributed by atoms with Crippen LogP contribution in [-0.2, 0) is 10.0 Å². The van der Waals surface area contributed by atoms with Gasteiger partial charge in [0.25, 0.3) is 0 Å². The van der Waals surface area contributed by atoms with Gasteiger partial charge in [-0.25, -0.2) is 13.1 Å². The average Bonchev–Trinajstić information content (AvgIpc) is 2.47. The maximum atomic E-state index is 12.1. The van der Waals surface area contributed by atoms with Gasteiger partial charge in [0.15, 0.2) is 0 Å². The molecule has 0 atom stereocenters. The monoisotopic (exact) mass is 332 g/mol. The summed E-state index contributed by atoms with van der Waals surface area (Å²) < 4.78 is 26.9. The Morgan fingerprint density at radius 3 is 2.43 bits per heavy atom. The smallest absolute Gasteiger partial charge is 0.213 e. The van der Waals surface area contributed by atoms with Crippen LogP contribution in [0.5, 0.6) is 0 Å². The molecule has 7 heteroatoms. The van der Waals surface area contributed by atoms with Crippen molar-refractivity contribution in [2.24, 2.45) is 0 Å². The molecule has 0 saturated carbocycles. The van der Waals surface area contributed by atoms with Gasteiger partial charge >= 0.3 is 0 Å². The van der Waals surface area contributed by atoms with Crippen LogP contribution in [0.25, 0.3) is 0 Å². The van der Waals surface area contributed by atoms with Crippen LogP contribution in [0.3, 0.4) is 0 Å². The van der Waals surface area contributed by atoms with Crippen molar-refractivity contribution in [3.8, 4) is 0 Å². The molecule has 0 aromatic heterocycles. The molecule has 0 bridgehead atoms. The van der Waals surface area contributed by atoms with E-state index in [0.717, 1.165) is 4.90 Å². The number of para-hydroxylation sites is 1. The number of sulfonamides is 1. The van der Waals surface area contributed by atoms with Gasteiger partial charge < -0.3 is 10.8 Å². The average molecular weight is 332 g/mol. The topological polar surface area (TPSA) is 92.4 Å². The van der Waals surface area contributed by atoms with Gasteiger partial charge in [-0.3, -0.25) is 0 Å². The molecule has 4 N–H and O–H groups in total.